The summed E-state index contributed by atoms with van der Waals surface area (Å²) in [5, 5.41) is 0. The molecule has 1 atom stereocenters. The molecule has 0 bridgehead atoms. The van der Waals surface area contributed by atoms with Gasteiger partial charge in [-0.1, -0.05) is 38.1 Å². The molecule has 1 unspecified atom stereocenters. The highest BCUT2D eigenvalue weighted by Crippen LogP contribution is 2.36. The molecule has 110 valence electrons. The second-order valence-corrected chi connectivity index (χ2v) is 5.68. The first-order valence-corrected chi connectivity index (χ1v) is 7.65. The number of rotatable bonds is 5. The number of ether oxygens (including phenoxy) is 1. The maximum absolute atomic E-state index is 12.5. The number of nitrogens with two attached hydrogens (primary N) is 1. The molecule has 0 aliphatic heterocycles. The second kappa shape index (κ2) is 6.40. The van der Waals surface area contributed by atoms with Gasteiger partial charge in [0.15, 0.2) is 0 Å². The molecule has 0 saturated carbocycles. The Balaban J connectivity index is 2.17. The lowest BCUT2D eigenvalue weighted by Gasteiger charge is -2.32. The van der Waals surface area contributed by atoms with Crippen molar-refractivity contribution in [3.8, 4) is 0 Å². The Labute approximate surface area is 121 Å². The summed E-state index contributed by atoms with van der Waals surface area (Å²) in [6.45, 7) is 4.37. The van der Waals surface area contributed by atoms with Gasteiger partial charge in [-0.25, -0.2) is 0 Å². The third kappa shape index (κ3) is 2.73. The van der Waals surface area contributed by atoms with Gasteiger partial charge in [-0.2, -0.15) is 0 Å². The van der Waals surface area contributed by atoms with Gasteiger partial charge in [0.05, 0.1) is 5.41 Å². The lowest BCUT2D eigenvalue weighted by molar-refractivity contribution is -0.162. The molecule has 0 saturated heterocycles. The van der Waals surface area contributed by atoms with Crippen LogP contribution in [0.3, 0.4) is 0 Å². The van der Waals surface area contributed by atoms with E-state index in [4.69, 9.17) is 10.5 Å². The largest absolute Gasteiger partial charge is 0.457 e. The lowest BCUT2D eigenvalue weighted by Crippen LogP contribution is -2.39. The van der Waals surface area contributed by atoms with Crippen molar-refractivity contribution < 1.29 is 9.53 Å². The number of hydrogen-bond acceptors (Lipinski definition) is 3. The molecule has 0 heterocycles. The molecular formula is C17H25NO2. The minimum Gasteiger partial charge on any atom is -0.457 e. The lowest BCUT2D eigenvalue weighted by atomic mass is 9.82. The van der Waals surface area contributed by atoms with Gasteiger partial charge < -0.3 is 10.5 Å². The summed E-state index contributed by atoms with van der Waals surface area (Å²) < 4.78 is 5.84. The van der Waals surface area contributed by atoms with Crippen LogP contribution in [0.25, 0.3) is 0 Å². The molecule has 1 aromatic rings. The predicted octanol–water partition coefficient (Wildman–Crippen LogP) is 3.37. The average molecular weight is 275 g/mol. The van der Waals surface area contributed by atoms with Crippen LogP contribution in [0.15, 0.2) is 24.3 Å². The highest BCUT2D eigenvalue weighted by molar-refractivity contribution is 5.77. The molecule has 3 heteroatoms. The van der Waals surface area contributed by atoms with E-state index in [1.165, 1.54) is 11.1 Å². The summed E-state index contributed by atoms with van der Waals surface area (Å²) in [4.78, 5) is 12.5. The summed E-state index contributed by atoms with van der Waals surface area (Å²) in [6.07, 6.45) is 4.42. The standard InChI is InChI=1S/C17H25NO2/c1-3-17(4-2,12-18)16(19)20-15-11-7-9-13-8-5-6-10-14(13)15/h5-6,8,10,15H,3-4,7,9,11-12,18H2,1-2H3. The maximum Gasteiger partial charge on any atom is 0.313 e. The molecule has 0 aromatic heterocycles. The zero-order valence-electron chi connectivity index (χ0n) is 12.5. The first-order valence-electron chi connectivity index (χ1n) is 7.65. The summed E-state index contributed by atoms with van der Waals surface area (Å²) in [5.74, 6) is -0.133. The van der Waals surface area contributed by atoms with Crippen LogP contribution in [0.5, 0.6) is 0 Å². The molecule has 1 aromatic carbocycles. The minimum absolute atomic E-state index is 0.100. The summed E-state index contributed by atoms with van der Waals surface area (Å²) in [7, 11) is 0. The van der Waals surface area contributed by atoms with Crippen molar-refractivity contribution in [1.82, 2.24) is 0 Å². The molecule has 0 radical (unpaired) electrons. The van der Waals surface area contributed by atoms with E-state index in [2.05, 4.69) is 12.1 Å². The van der Waals surface area contributed by atoms with Crippen molar-refractivity contribution >= 4 is 5.97 Å². The molecular weight excluding hydrogens is 250 g/mol. The third-order valence-electron chi connectivity index (χ3n) is 4.74. The quantitative estimate of drug-likeness (QED) is 0.838. The van der Waals surface area contributed by atoms with Crippen molar-refractivity contribution in [3.63, 3.8) is 0 Å². The number of carbonyl (C=O) groups is 1. The number of benzene rings is 1. The molecule has 20 heavy (non-hydrogen) atoms. The molecule has 1 aliphatic carbocycles. The van der Waals surface area contributed by atoms with E-state index in [0.29, 0.717) is 6.54 Å². The Hall–Kier alpha value is -1.35. The minimum atomic E-state index is -0.521. The molecule has 0 amide bonds. The van der Waals surface area contributed by atoms with E-state index in [1.54, 1.807) is 0 Å². The Morgan fingerprint density at radius 1 is 1.35 bits per heavy atom. The van der Waals surface area contributed by atoms with Crippen molar-refractivity contribution in [2.75, 3.05) is 6.54 Å². The zero-order valence-corrected chi connectivity index (χ0v) is 12.5. The van der Waals surface area contributed by atoms with Crippen molar-refractivity contribution in [2.24, 2.45) is 11.1 Å². The average Bonchev–Trinajstić information content (AvgIpc) is 2.50. The van der Waals surface area contributed by atoms with Gasteiger partial charge in [0.1, 0.15) is 6.10 Å². The van der Waals surface area contributed by atoms with Crippen LogP contribution in [-0.2, 0) is 16.0 Å². The fourth-order valence-electron chi connectivity index (χ4n) is 3.00. The third-order valence-corrected chi connectivity index (χ3v) is 4.74. The highest BCUT2D eigenvalue weighted by Gasteiger charge is 2.37. The van der Waals surface area contributed by atoms with Gasteiger partial charge in [-0.15, -0.1) is 0 Å². The van der Waals surface area contributed by atoms with Crippen LogP contribution < -0.4 is 5.73 Å². The Bertz CT molecular complexity index is 458. The number of aryl methyl sites for hydroxylation is 1. The van der Waals surface area contributed by atoms with E-state index in [-0.39, 0.29) is 12.1 Å². The Kier molecular flexibility index (Phi) is 4.81. The fraction of sp³-hybridized carbons (Fsp3) is 0.588. The van der Waals surface area contributed by atoms with Crippen LogP contribution in [0.2, 0.25) is 0 Å². The highest BCUT2D eigenvalue weighted by atomic mass is 16.5. The molecule has 1 aliphatic rings. The number of carbonyl (C=O) groups excluding carboxylic acids is 1. The fourth-order valence-corrected chi connectivity index (χ4v) is 3.00. The number of fused-ring (bicyclic) bond motifs is 1. The molecule has 2 N–H and O–H groups in total. The summed E-state index contributed by atoms with van der Waals surface area (Å²) in [6, 6.07) is 8.27. The van der Waals surface area contributed by atoms with E-state index >= 15 is 0 Å². The van der Waals surface area contributed by atoms with Gasteiger partial charge in [0.25, 0.3) is 0 Å². The number of esters is 1. The first kappa shape index (κ1) is 15.0. The van der Waals surface area contributed by atoms with E-state index in [0.717, 1.165) is 32.1 Å². The van der Waals surface area contributed by atoms with Crippen molar-refractivity contribution in [2.45, 2.75) is 52.1 Å². The van der Waals surface area contributed by atoms with Gasteiger partial charge >= 0.3 is 5.97 Å². The summed E-state index contributed by atoms with van der Waals surface area (Å²) >= 11 is 0. The molecule has 3 nitrogen and oxygen atoms in total. The van der Waals surface area contributed by atoms with Crippen LogP contribution >= 0.6 is 0 Å². The molecule has 0 fully saturated rings. The van der Waals surface area contributed by atoms with Gasteiger partial charge in [0, 0.05) is 6.54 Å². The van der Waals surface area contributed by atoms with E-state index < -0.39 is 5.41 Å². The Morgan fingerprint density at radius 3 is 2.70 bits per heavy atom. The molecule has 2 rings (SSSR count). The smallest absolute Gasteiger partial charge is 0.313 e. The monoisotopic (exact) mass is 275 g/mol. The zero-order chi connectivity index (χ0) is 14.6. The second-order valence-electron chi connectivity index (χ2n) is 5.68. The van der Waals surface area contributed by atoms with E-state index in [1.807, 2.05) is 26.0 Å². The van der Waals surface area contributed by atoms with Gasteiger partial charge in [-0.05, 0) is 43.2 Å². The number of hydrogen-bond donors (Lipinski definition) is 1. The van der Waals surface area contributed by atoms with Crippen LogP contribution in [-0.4, -0.2) is 12.5 Å². The normalized spacial score (nSPS) is 18.4. The van der Waals surface area contributed by atoms with Gasteiger partial charge in [0.2, 0.25) is 0 Å². The van der Waals surface area contributed by atoms with Crippen molar-refractivity contribution in [3.05, 3.63) is 35.4 Å². The predicted molar refractivity (Wildman–Crippen MR) is 80.3 cm³/mol. The van der Waals surface area contributed by atoms with Crippen LogP contribution in [0, 0.1) is 5.41 Å². The Morgan fingerprint density at radius 2 is 2.05 bits per heavy atom. The van der Waals surface area contributed by atoms with Gasteiger partial charge in [-0.3, -0.25) is 4.79 Å². The van der Waals surface area contributed by atoms with Crippen LogP contribution in [0.1, 0.15) is 56.8 Å². The van der Waals surface area contributed by atoms with E-state index in [9.17, 15) is 4.79 Å². The maximum atomic E-state index is 12.5. The van der Waals surface area contributed by atoms with Crippen LogP contribution in [0.4, 0.5) is 0 Å². The van der Waals surface area contributed by atoms with Crippen molar-refractivity contribution in [1.29, 1.82) is 0 Å². The molecule has 0 spiro atoms. The first-order chi connectivity index (χ1) is 9.66. The topological polar surface area (TPSA) is 52.3 Å². The summed E-state index contributed by atoms with van der Waals surface area (Å²) in [5.41, 5.74) is 7.79. The SMILES string of the molecule is CCC(CC)(CN)C(=O)OC1CCCc2ccccc21.